The van der Waals surface area contributed by atoms with Crippen LogP contribution in [-0.2, 0) is 32.0 Å². The van der Waals surface area contributed by atoms with Crippen molar-refractivity contribution in [2.75, 3.05) is 13.1 Å². The lowest BCUT2D eigenvalue weighted by Gasteiger charge is -2.25. The Morgan fingerprint density at radius 1 is 0.884 bits per heavy atom. The molecule has 16 heteroatoms. The smallest absolute Gasteiger partial charge is 0.326 e. The van der Waals surface area contributed by atoms with Crippen molar-refractivity contribution >= 4 is 29.7 Å². The number of carbonyl (C=O) groups is 4. The molecule has 1 heterocycles. The van der Waals surface area contributed by atoms with Crippen molar-refractivity contribution in [3.05, 3.63) is 48.0 Å². The van der Waals surface area contributed by atoms with Gasteiger partial charge in [0.05, 0.1) is 12.4 Å². The second-order valence-electron chi connectivity index (χ2n) is 10.0. The Labute approximate surface area is 249 Å². The summed E-state index contributed by atoms with van der Waals surface area (Å²) in [6.45, 7) is 0.644. The first-order valence-electron chi connectivity index (χ1n) is 13.9. The van der Waals surface area contributed by atoms with Crippen LogP contribution >= 0.6 is 0 Å². The molecule has 3 amide bonds. The van der Waals surface area contributed by atoms with Crippen molar-refractivity contribution in [1.29, 1.82) is 0 Å². The molecule has 0 fully saturated rings. The quantitative estimate of drug-likeness (QED) is 0.0474. The molecule has 14 N–H and O–H groups in total. The Morgan fingerprint density at radius 3 is 2.14 bits per heavy atom. The number of imidazole rings is 1. The Balaban J connectivity index is 2.16. The maximum Gasteiger partial charge on any atom is 0.326 e. The van der Waals surface area contributed by atoms with Crippen molar-refractivity contribution < 1.29 is 29.4 Å². The van der Waals surface area contributed by atoms with E-state index in [9.17, 15) is 29.4 Å². The summed E-state index contributed by atoms with van der Waals surface area (Å²) in [5.41, 5.74) is 23.4. The highest BCUT2D eigenvalue weighted by Gasteiger charge is 2.30. The Morgan fingerprint density at radius 2 is 1.53 bits per heavy atom. The van der Waals surface area contributed by atoms with Gasteiger partial charge in [-0.2, -0.15) is 0 Å². The first kappa shape index (κ1) is 34.5. The lowest BCUT2D eigenvalue weighted by molar-refractivity contribution is -0.142. The number of H-pyrrole nitrogens is 1. The second kappa shape index (κ2) is 18.0. The number of hydrogen-bond donors (Lipinski definition) is 10. The highest BCUT2D eigenvalue weighted by atomic mass is 16.4. The van der Waals surface area contributed by atoms with Crippen LogP contribution < -0.4 is 38.9 Å². The predicted octanol–water partition coefficient (Wildman–Crippen LogP) is -2.05. The van der Waals surface area contributed by atoms with Gasteiger partial charge in [0.1, 0.15) is 23.9 Å². The minimum absolute atomic E-state index is 0.0195. The SMILES string of the molecule is NCCCCC(NC(=O)C(Cc1cnc[nH]1)NC(=O)C(N)CCCN=C(N)N)C(=O)NC(Cc1ccc(O)cc1)C(=O)O. The number of amides is 3. The van der Waals surface area contributed by atoms with Gasteiger partial charge in [-0.05, 0) is 56.3 Å². The largest absolute Gasteiger partial charge is 0.508 e. The number of aromatic hydroxyl groups is 1. The molecule has 0 aliphatic heterocycles. The zero-order valence-corrected chi connectivity index (χ0v) is 23.9. The van der Waals surface area contributed by atoms with Gasteiger partial charge < -0.3 is 54.1 Å². The summed E-state index contributed by atoms with van der Waals surface area (Å²) in [4.78, 5) is 62.2. The number of nitrogens with one attached hydrogen (secondary N) is 4. The summed E-state index contributed by atoms with van der Waals surface area (Å²) < 4.78 is 0. The fraction of sp³-hybridized carbons (Fsp3) is 0.481. The number of carbonyl (C=O) groups excluding carboxylic acids is 3. The number of nitrogens with two attached hydrogens (primary N) is 4. The number of nitrogens with zero attached hydrogens (tertiary/aromatic N) is 2. The highest BCUT2D eigenvalue weighted by Crippen LogP contribution is 2.12. The number of aliphatic imine (C=N–C) groups is 1. The van der Waals surface area contributed by atoms with Gasteiger partial charge in [-0.3, -0.25) is 19.4 Å². The van der Waals surface area contributed by atoms with E-state index in [1.165, 1.54) is 24.7 Å². The summed E-state index contributed by atoms with van der Waals surface area (Å²) in [5.74, 6) is -3.30. The van der Waals surface area contributed by atoms with Gasteiger partial charge in [0.15, 0.2) is 5.96 Å². The monoisotopic (exact) mass is 602 g/mol. The van der Waals surface area contributed by atoms with E-state index in [0.717, 1.165) is 0 Å². The summed E-state index contributed by atoms with van der Waals surface area (Å²) >= 11 is 0. The van der Waals surface area contributed by atoms with Gasteiger partial charge in [0.25, 0.3) is 0 Å². The van der Waals surface area contributed by atoms with Crippen LogP contribution in [0.25, 0.3) is 0 Å². The van der Waals surface area contributed by atoms with Crippen molar-refractivity contribution in [3.63, 3.8) is 0 Å². The van der Waals surface area contributed by atoms with E-state index in [4.69, 9.17) is 22.9 Å². The van der Waals surface area contributed by atoms with Gasteiger partial charge in [-0.25, -0.2) is 9.78 Å². The molecule has 0 saturated heterocycles. The van der Waals surface area contributed by atoms with E-state index in [1.807, 2.05) is 0 Å². The molecule has 4 unspecified atom stereocenters. The third-order valence-corrected chi connectivity index (χ3v) is 6.49. The number of aliphatic carboxylic acids is 1. The Hall–Kier alpha value is -4.70. The molecule has 0 spiro atoms. The van der Waals surface area contributed by atoms with E-state index in [0.29, 0.717) is 37.1 Å². The molecule has 1 aromatic heterocycles. The maximum absolute atomic E-state index is 13.5. The molecule has 0 radical (unpaired) electrons. The van der Waals surface area contributed by atoms with Crippen LogP contribution in [0.5, 0.6) is 5.75 Å². The van der Waals surface area contributed by atoms with Crippen LogP contribution in [-0.4, -0.2) is 87.1 Å². The molecule has 236 valence electrons. The Bertz CT molecular complexity index is 1200. The molecular weight excluding hydrogens is 560 g/mol. The number of phenols is 1. The zero-order chi connectivity index (χ0) is 31.8. The molecule has 0 saturated carbocycles. The van der Waals surface area contributed by atoms with Gasteiger partial charge in [0.2, 0.25) is 17.7 Å². The number of guanidine groups is 1. The van der Waals surface area contributed by atoms with Gasteiger partial charge in [0, 0.05) is 31.3 Å². The molecule has 0 bridgehead atoms. The molecule has 0 aliphatic carbocycles. The van der Waals surface area contributed by atoms with Crippen molar-refractivity contribution in [2.45, 2.75) is 69.1 Å². The lowest BCUT2D eigenvalue weighted by atomic mass is 10.0. The maximum atomic E-state index is 13.5. The summed E-state index contributed by atoms with van der Waals surface area (Å²) in [7, 11) is 0. The summed E-state index contributed by atoms with van der Waals surface area (Å²) in [5, 5.41) is 27.0. The number of carboxylic acid groups (broad SMARTS) is 1. The number of unbranched alkanes of at least 4 members (excludes halogenated alkanes) is 1. The number of rotatable bonds is 19. The minimum atomic E-state index is -1.30. The number of phenolic OH excluding ortho intramolecular Hbond substituents is 1. The molecule has 16 nitrogen and oxygen atoms in total. The third-order valence-electron chi connectivity index (χ3n) is 6.49. The van der Waals surface area contributed by atoms with Crippen LogP contribution in [0.15, 0.2) is 41.8 Å². The van der Waals surface area contributed by atoms with Crippen molar-refractivity contribution in [1.82, 2.24) is 25.9 Å². The van der Waals surface area contributed by atoms with Crippen LogP contribution in [0, 0.1) is 0 Å². The molecule has 4 atom stereocenters. The van der Waals surface area contributed by atoms with Gasteiger partial charge in [-0.15, -0.1) is 0 Å². The second-order valence-corrected chi connectivity index (χ2v) is 10.0. The van der Waals surface area contributed by atoms with Crippen molar-refractivity contribution in [2.24, 2.45) is 27.9 Å². The van der Waals surface area contributed by atoms with E-state index in [2.05, 4.69) is 30.9 Å². The van der Waals surface area contributed by atoms with Crippen LogP contribution in [0.2, 0.25) is 0 Å². The molecule has 1 aromatic carbocycles. The molecular formula is C27H42N10O6. The van der Waals surface area contributed by atoms with E-state index in [1.54, 1.807) is 12.1 Å². The third kappa shape index (κ3) is 12.8. The highest BCUT2D eigenvalue weighted by molar-refractivity contribution is 5.94. The molecule has 2 aromatic rings. The summed E-state index contributed by atoms with van der Waals surface area (Å²) in [6, 6.07) is 1.42. The van der Waals surface area contributed by atoms with Gasteiger partial charge >= 0.3 is 5.97 Å². The number of aromatic amines is 1. The van der Waals surface area contributed by atoms with Gasteiger partial charge in [-0.1, -0.05) is 12.1 Å². The first-order chi connectivity index (χ1) is 20.5. The van der Waals surface area contributed by atoms with E-state index < -0.39 is 47.9 Å². The minimum Gasteiger partial charge on any atom is -0.508 e. The number of carboxylic acids is 1. The number of aromatic nitrogens is 2. The summed E-state index contributed by atoms with van der Waals surface area (Å²) in [6.07, 6.45) is 4.79. The van der Waals surface area contributed by atoms with E-state index >= 15 is 0 Å². The van der Waals surface area contributed by atoms with E-state index in [-0.39, 0.29) is 43.9 Å². The molecule has 43 heavy (non-hydrogen) atoms. The fourth-order valence-corrected chi connectivity index (χ4v) is 4.13. The number of benzene rings is 1. The zero-order valence-electron chi connectivity index (χ0n) is 23.9. The topological polar surface area (TPSA) is 290 Å². The molecule has 0 aliphatic rings. The lowest BCUT2D eigenvalue weighted by Crippen LogP contribution is -2.57. The van der Waals surface area contributed by atoms with Crippen LogP contribution in [0.1, 0.15) is 43.4 Å². The van der Waals surface area contributed by atoms with Crippen molar-refractivity contribution in [3.8, 4) is 5.75 Å². The molecule has 2 rings (SSSR count). The Kier molecular flexibility index (Phi) is 14.4. The van der Waals surface area contributed by atoms with Crippen LogP contribution in [0.3, 0.4) is 0 Å². The normalized spacial score (nSPS) is 13.6. The predicted molar refractivity (Wildman–Crippen MR) is 158 cm³/mol. The first-order valence-corrected chi connectivity index (χ1v) is 13.9. The average Bonchev–Trinajstić information content (AvgIpc) is 3.48. The average molecular weight is 603 g/mol. The van der Waals surface area contributed by atoms with Crippen LogP contribution in [0.4, 0.5) is 0 Å². The standard InChI is InChI=1S/C27H42N10O6/c28-10-2-1-5-20(24(40)37-22(26(42)43)12-16-6-8-18(38)9-7-16)35-25(41)21(13-17-14-32-15-34-17)36-23(39)19(29)4-3-11-33-27(30)31/h6-9,14-15,19-22,38H,1-5,10-13,28-29H2,(H,32,34)(H,35,41)(H,36,39)(H,37,40)(H,42,43)(H4,30,31,33). The number of hydrogen-bond acceptors (Lipinski definition) is 9. The fourth-order valence-electron chi connectivity index (χ4n) is 4.13.